The van der Waals surface area contributed by atoms with Crippen LogP contribution < -0.4 is 11.1 Å². The minimum atomic E-state index is -0.312. The summed E-state index contributed by atoms with van der Waals surface area (Å²) in [5.74, 6) is -0.312. The molecule has 0 radical (unpaired) electrons. The van der Waals surface area contributed by atoms with Crippen molar-refractivity contribution in [2.24, 2.45) is 0 Å². The standard InChI is InChI=1S/C12H11BrFN3/c1-7-2-3-11(9(14)4-7)17-12-8(13)5-16-6-10(12)15/h2-6H,15H2,1H3,(H,16,17). The van der Waals surface area contributed by atoms with Gasteiger partial charge in [0, 0.05) is 6.20 Å². The summed E-state index contributed by atoms with van der Waals surface area (Å²) < 4.78 is 14.4. The number of aromatic nitrogens is 1. The summed E-state index contributed by atoms with van der Waals surface area (Å²) in [5, 5.41) is 2.95. The van der Waals surface area contributed by atoms with Gasteiger partial charge in [-0.1, -0.05) is 6.07 Å². The molecule has 0 saturated heterocycles. The Morgan fingerprint density at radius 1 is 1.35 bits per heavy atom. The van der Waals surface area contributed by atoms with Crippen molar-refractivity contribution in [3.05, 3.63) is 46.4 Å². The van der Waals surface area contributed by atoms with Crippen molar-refractivity contribution in [2.45, 2.75) is 6.92 Å². The highest BCUT2D eigenvalue weighted by atomic mass is 79.9. The Hall–Kier alpha value is -1.62. The van der Waals surface area contributed by atoms with E-state index in [1.807, 2.05) is 13.0 Å². The molecular weight excluding hydrogens is 285 g/mol. The van der Waals surface area contributed by atoms with Gasteiger partial charge in [0.2, 0.25) is 0 Å². The highest BCUT2D eigenvalue weighted by molar-refractivity contribution is 9.10. The third kappa shape index (κ3) is 2.55. The molecule has 2 rings (SSSR count). The first-order valence-corrected chi connectivity index (χ1v) is 5.79. The van der Waals surface area contributed by atoms with Crippen LogP contribution in [-0.2, 0) is 0 Å². The van der Waals surface area contributed by atoms with E-state index < -0.39 is 0 Å². The number of nitrogen functional groups attached to an aromatic ring is 1. The number of nitrogens with zero attached hydrogens (tertiary/aromatic N) is 1. The maximum Gasteiger partial charge on any atom is 0.146 e. The molecule has 0 fully saturated rings. The molecular formula is C12H11BrFN3. The van der Waals surface area contributed by atoms with E-state index >= 15 is 0 Å². The Balaban J connectivity index is 2.38. The van der Waals surface area contributed by atoms with Crippen LogP contribution in [0.3, 0.4) is 0 Å². The van der Waals surface area contributed by atoms with E-state index in [2.05, 4.69) is 26.2 Å². The van der Waals surface area contributed by atoms with E-state index in [1.165, 1.54) is 12.3 Å². The van der Waals surface area contributed by atoms with Crippen molar-refractivity contribution in [1.82, 2.24) is 4.98 Å². The van der Waals surface area contributed by atoms with Gasteiger partial charge >= 0.3 is 0 Å². The fraction of sp³-hybridized carbons (Fsp3) is 0.0833. The van der Waals surface area contributed by atoms with Crippen molar-refractivity contribution in [3.63, 3.8) is 0 Å². The van der Waals surface area contributed by atoms with E-state index in [-0.39, 0.29) is 5.82 Å². The lowest BCUT2D eigenvalue weighted by Gasteiger charge is -2.11. The fourth-order valence-corrected chi connectivity index (χ4v) is 1.88. The number of nitrogens with two attached hydrogens (primary N) is 1. The highest BCUT2D eigenvalue weighted by Gasteiger charge is 2.08. The summed E-state index contributed by atoms with van der Waals surface area (Å²) >= 11 is 3.32. The second kappa shape index (κ2) is 4.71. The predicted octanol–water partition coefficient (Wildman–Crippen LogP) is 3.62. The van der Waals surface area contributed by atoms with Gasteiger partial charge in [-0.25, -0.2) is 4.39 Å². The Bertz CT molecular complexity index is 537. The molecule has 17 heavy (non-hydrogen) atoms. The lowest BCUT2D eigenvalue weighted by Crippen LogP contribution is -2.00. The second-order valence-corrected chi connectivity index (χ2v) is 4.55. The molecule has 1 aromatic carbocycles. The molecule has 0 spiro atoms. The van der Waals surface area contributed by atoms with Crippen LogP contribution in [0.1, 0.15) is 5.56 Å². The Morgan fingerprint density at radius 3 is 2.76 bits per heavy atom. The van der Waals surface area contributed by atoms with Gasteiger partial charge in [0.15, 0.2) is 0 Å². The third-order valence-corrected chi connectivity index (χ3v) is 2.91. The molecule has 2 aromatic rings. The zero-order valence-electron chi connectivity index (χ0n) is 9.17. The van der Waals surface area contributed by atoms with Crippen molar-refractivity contribution in [2.75, 3.05) is 11.1 Å². The largest absolute Gasteiger partial charge is 0.396 e. The van der Waals surface area contributed by atoms with Crippen molar-refractivity contribution in [1.29, 1.82) is 0 Å². The van der Waals surface area contributed by atoms with Crippen LogP contribution in [0.15, 0.2) is 35.1 Å². The Kier molecular flexibility index (Phi) is 3.28. The molecule has 0 aliphatic rings. The number of halogens is 2. The number of pyridine rings is 1. The van der Waals surface area contributed by atoms with Gasteiger partial charge in [-0.05, 0) is 40.5 Å². The van der Waals surface area contributed by atoms with Crippen molar-refractivity contribution >= 4 is 33.0 Å². The zero-order valence-corrected chi connectivity index (χ0v) is 10.8. The van der Waals surface area contributed by atoms with Crippen LogP contribution in [0, 0.1) is 12.7 Å². The first-order chi connectivity index (χ1) is 8.08. The first kappa shape index (κ1) is 11.9. The maximum absolute atomic E-state index is 13.7. The number of aryl methyl sites for hydroxylation is 1. The molecule has 3 N–H and O–H groups in total. The summed E-state index contributed by atoms with van der Waals surface area (Å²) in [4.78, 5) is 3.92. The molecule has 0 unspecified atom stereocenters. The van der Waals surface area contributed by atoms with E-state index in [0.717, 1.165) is 5.56 Å². The van der Waals surface area contributed by atoms with Crippen molar-refractivity contribution < 1.29 is 4.39 Å². The van der Waals surface area contributed by atoms with Crippen LogP contribution in [0.4, 0.5) is 21.5 Å². The quantitative estimate of drug-likeness (QED) is 0.890. The first-order valence-electron chi connectivity index (χ1n) is 5.00. The van der Waals surface area contributed by atoms with E-state index in [0.29, 0.717) is 21.5 Å². The topological polar surface area (TPSA) is 50.9 Å². The molecule has 88 valence electrons. The van der Waals surface area contributed by atoms with E-state index in [9.17, 15) is 4.39 Å². The fourth-order valence-electron chi connectivity index (χ4n) is 1.44. The summed E-state index contributed by atoms with van der Waals surface area (Å²) in [6, 6.07) is 4.97. The summed E-state index contributed by atoms with van der Waals surface area (Å²) in [6.45, 7) is 1.84. The maximum atomic E-state index is 13.7. The minimum Gasteiger partial charge on any atom is -0.396 e. The van der Waals surface area contributed by atoms with Crippen LogP contribution in [0.5, 0.6) is 0 Å². The van der Waals surface area contributed by atoms with Gasteiger partial charge in [0.1, 0.15) is 5.82 Å². The lowest BCUT2D eigenvalue weighted by atomic mass is 10.2. The monoisotopic (exact) mass is 295 g/mol. The van der Waals surface area contributed by atoms with E-state index in [4.69, 9.17) is 5.73 Å². The van der Waals surface area contributed by atoms with Crippen LogP contribution in [0.25, 0.3) is 0 Å². The normalized spacial score (nSPS) is 10.3. The number of nitrogens with one attached hydrogen (secondary N) is 1. The molecule has 0 aliphatic carbocycles. The van der Waals surface area contributed by atoms with Gasteiger partial charge in [0.25, 0.3) is 0 Å². The highest BCUT2D eigenvalue weighted by Crippen LogP contribution is 2.31. The molecule has 1 aromatic heterocycles. The SMILES string of the molecule is Cc1ccc(Nc2c(N)cncc2Br)c(F)c1. The molecule has 3 nitrogen and oxygen atoms in total. The molecule has 0 atom stereocenters. The number of rotatable bonds is 2. The average molecular weight is 296 g/mol. The van der Waals surface area contributed by atoms with E-state index in [1.54, 1.807) is 12.3 Å². The average Bonchev–Trinajstić information content (AvgIpc) is 2.26. The van der Waals surface area contributed by atoms with Gasteiger partial charge in [-0.2, -0.15) is 0 Å². The number of anilines is 3. The van der Waals surface area contributed by atoms with Crippen LogP contribution in [0.2, 0.25) is 0 Å². The number of hydrogen-bond acceptors (Lipinski definition) is 3. The summed E-state index contributed by atoms with van der Waals surface area (Å²) in [6.07, 6.45) is 3.12. The lowest BCUT2D eigenvalue weighted by molar-refractivity contribution is 0.631. The number of benzene rings is 1. The van der Waals surface area contributed by atoms with Gasteiger partial charge in [0.05, 0.1) is 27.7 Å². The van der Waals surface area contributed by atoms with Gasteiger partial charge < -0.3 is 11.1 Å². The van der Waals surface area contributed by atoms with Crippen LogP contribution >= 0.6 is 15.9 Å². The smallest absolute Gasteiger partial charge is 0.146 e. The Morgan fingerprint density at radius 2 is 2.12 bits per heavy atom. The van der Waals surface area contributed by atoms with Crippen LogP contribution in [-0.4, -0.2) is 4.98 Å². The minimum absolute atomic E-state index is 0.312. The molecule has 1 heterocycles. The Labute approximate surface area is 107 Å². The molecule has 0 aliphatic heterocycles. The second-order valence-electron chi connectivity index (χ2n) is 3.69. The van der Waals surface area contributed by atoms with Gasteiger partial charge in [-0.15, -0.1) is 0 Å². The van der Waals surface area contributed by atoms with Crippen molar-refractivity contribution in [3.8, 4) is 0 Å². The molecule has 5 heteroatoms. The summed E-state index contributed by atoms with van der Waals surface area (Å²) in [5.41, 5.74) is 8.10. The zero-order chi connectivity index (χ0) is 12.4. The predicted molar refractivity (Wildman–Crippen MR) is 70.8 cm³/mol. The molecule has 0 saturated carbocycles. The summed E-state index contributed by atoms with van der Waals surface area (Å²) in [7, 11) is 0. The third-order valence-electron chi connectivity index (χ3n) is 2.31. The van der Waals surface area contributed by atoms with Gasteiger partial charge in [-0.3, -0.25) is 4.98 Å². The molecule has 0 amide bonds. The molecule has 0 bridgehead atoms. The number of hydrogen-bond donors (Lipinski definition) is 2.